The van der Waals surface area contributed by atoms with Crippen LogP contribution in [0, 0.1) is 6.92 Å². The molecule has 3 rings (SSSR count). The van der Waals surface area contributed by atoms with E-state index >= 15 is 0 Å². The van der Waals surface area contributed by atoms with Crippen molar-refractivity contribution in [2.24, 2.45) is 5.14 Å². The van der Waals surface area contributed by atoms with Gasteiger partial charge < -0.3 is 9.15 Å². The van der Waals surface area contributed by atoms with E-state index in [1.54, 1.807) is 26.2 Å². The van der Waals surface area contributed by atoms with Gasteiger partial charge in [-0.25, -0.2) is 18.5 Å². The number of oxazole rings is 1. The molecule has 0 aliphatic carbocycles. The molecule has 0 saturated heterocycles. The van der Waals surface area contributed by atoms with Crippen molar-refractivity contribution in [1.29, 1.82) is 0 Å². The summed E-state index contributed by atoms with van der Waals surface area (Å²) >= 11 is 0. The van der Waals surface area contributed by atoms with E-state index < -0.39 is 10.0 Å². The zero-order valence-electron chi connectivity index (χ0n) is 13.2. The van der Waals surface area contributed by atoms with E-state index in [4.69, 9.17) is 14.3 Å². The largest absolute Gasteiger partial charge is 0.497 e. The van der Waals surface area contributed by atoms with Gasteiger partial charge in [0.25, 0.3) is 0 Å². The lowest BCUT2D eigenvalue weighted by Crippen LogP contribution is -2.11. The lowest BCUT2D eigenvalue weighted by atomic mass is 10.1. The van der Waals surface area contributed by atoms with E-state index in [-0.39, 0.29) is 4.90 Å². The number of hydrogen-bond acceptors (Lipinski definition) is 5. The third kappa shape index (κ3) is 3.17. The van der Waals surface area contributed by atoms with Crippen molar-refractivity contribution in [3.63, 3.8) is 0 Å². The minimum atomic E-state index is -3.73. The summed E-state index contributed by atoms with van der Waals surface area (Å²) in [7, 11) is -2.12. The molecule has 24 heavy (non-hydrogen) atoms. The van der Waals surface area contributed by atoms with Crippen molar-refractivity contribution in [2.45, 2.75) is 11.8 Å². The predicted molar refractivity (Wildman–Crippen MR) is 90.0 cm³/mol. The van der Waals surface area contributed by atoms with Crippen LogP contribution in [0.25, 0.3) is 22.6 Å². The first-order chi connectivity index (χ1) is 11.4. The van der Waals surface area contributed by atoms with Gasteiger partial charge in [-0.3, -0.25) is 0 Å². The molecule has 124 valence electrons. The molecule has 6 nitrogen and oxygen atoms in total. The lowest BCUT2D eigenvalue weighted by Gasteiger charge is -2.04. The molecule has 7 heteroatoms. The SMILES string of the molecule is Cc1nc(-c2ccc(O[11CH3])cc2)c(-c2ccc(S(N)(=O)=O)cc2)o1. The smallest absolute Gasteiger partial charge is 0.238 e. The maximum atomic E-state index is 11.4. The van der Waals surface area contributed by atoms with Crippen molar-refractivity contribution in [3.8, 4) is 28.3 Å². The van der Waals surface area contributed by atoms with Crippen LogP contribution in [0.4, 0.5) is 0 Å². The number of nitrogens with two attached hydrogens (primary N) is 1. The highest BCUT2D eigenvalue weighted by Crippen LogP contribution is 2.33. The molecule has 0 saturated carbocycles. The van der Waals surface area contributed by atoms with Crippen LogP contribution >= 0.6 is 0 Å². The van der Waals surface area contributed by atoms with Gasteiger partial charge in [0.1, 0.15) is 11.4 Å². The van der Waals surface area contributed by atoms with Gasteiger partial charge in [0, 0.05) is 18.1 Å². The first-order valence-electron chi connectivity index (χ1n) is 7.13. The maximum Gasteiger partial charge on any atom is 0.238 e. The Morgan fingerprint density at radius 2 is 1.58 bits per heavy atom. The second-order valence-corrected chi connectivity index (χ2v) is 6.77. The van der Waals surface area contributed by atoms with Gasteiger partial charge in [0.15, 0.2) is 11.7 Å². The van der Waals surface area contributed by atoms with Crippen molar-refractivity contribution >= 4 is 10.0 Å². The topological polar surface area (TPSA) is 95.4 Å². The van der Waals surface area contributed by atoms with Crippen LogP contribution in [0.15, 0.2) is 57.8 Å². The highest BCUT2D eigenvalue weighted by Gasteiger charge is 2.16. The molecular weight excluding hydrogens is 327 g/mol. The Bertz CT molecular complexity index is 959. The summed E-state index contributed by atoms with van der Waals surface area (Å²) in [4.78, 5) is 4.48. The molecule has 0 fully saturated rings. The molecule has 1 aromatic heterocycles. The molecule has 2 N–H and O–H groups in total. The van der Waals surface area contributed by atoms with E-state index in [0.29, 0.717) is 22.9 Å². The summed E-state index contributed by atoms with van der Waals surface area (Å²) < 4.78 is 33.6. The van der Waals surface area contributed by atoms with Crippen LogP contribution in [-0.2, 0) is 10.0 Å². The highest BCUT2D eigenvalue weighted by molar-refractivity contribution is 7.89. The number of hydrogen-bond donors (Lipinski definition) is 1. The van der Waals surface area contributed by atoms with Crippen LogP contribution in [-0.4, -0.2) is 20.5 Å². The average molecular weight is 343 g/mol. The molecule has 2 aromatic carbocycles. The molecule has 0 radical (unpaired) electrons. The number of benzene rings is 2. The van der Waals surface area contributed by atoms with Crippen molar-refractivity contribution < 1.29 is 17.6 Å². The van der Waals surface area contributed by atoms with Crippen molar-refractivity contribution in [2.75, 3.05) is 7.11 Å². The summed E-state index contributed by atoms with van der Waals surface area (Å²) in [6.45, 7) is 1.76. The van der Waals surface area contributed by atoms with Crippen LogP contribution in [0.2, 0.25) is 0 Å². The number of aromatic nitrogens is 1. The van der Waals surface area contributed by atoms with E-state index in [1.165, 1.54) is 12.1 Å². The molecule has 0 bridgehead atoms. The molecule has 0 amide bonds. The molecular formula is C17H16N2O4S. The lowest BCUT2D eigenvalue weighted by molar-refractivity contribution is 0.415. The van der Waals surface area contributed by atoms with Crippen LogP contribution < -0.4 is 9.88 Å². The monoisotopic (exact) mass is 343 g/mol. The molecule has 0 spiro atoms. The third-order valence-electron chi connectivity index (χ3n) is 3.54. The minimum Gasteiger partial charge on any atom is -0.497 e. The second kappa shape index (κ2) is 6.10. The highest BCUT2D eigenvalue weighted by atomic mass is 32.2. The minimum absolute atomic E-state index is 0.0495. The standard InChI is InChI=1S/C17H16N2O4S/c1-11-19-16(12-3-7-14(22-2)8-4-12)17(23-11)13-5-9-15(10-6-13)24(18,20)21/h3-10H,1-2H3,(H2,18,20,21)/i2-1. The Morgan fingerprint density at radius 1 is 1.00 bits per heavy atom. The molecule has 1 heterocycles. The molecule has 3 aromatic rings. The quantitative estimate of drug-likeness (QED) is 0.786. The fourth-order valence-corrected chi connectivity index (χ4v) is 2.88. The van der Waals surface area contributed by atoms with Gasteiger partial charge in [-0.1, -0.05) is 0 Å². The molecule has 0 aliphatic heterocycles. The predicted octanol–water partition coefficient (Wildman–Crippen LogP) is 2.97. The number of ether oxygens (including phenoxy) is 1. The number of sulfonamides is 1. The fraction of sp³-hybridized carbons (Fsp3) is 0.118. The summed E-state index contributed by atoms with van der Waals surface area (Å²) in [6, 6.07) is 13.6. The number of rotatable bonds is 4. The Hall–Kier alpha value is -2.64. The first-order valence-corrected chi connectivity index (χ1v) is 8.68. The van der Waals surface area contributed by atoms with E-state index in [1.807, 2.05) is 24.3 Å². The Balaban J connectivity index is 2.05. The number of primary sulfonamides is 1. The van der Waals surface area contributed by atoms with Crippen LogP contribution in [0.5, 0.6) is 5.75 Å². The maximum absolute atomic E-state index is 11.4. The molecule has 0 atom stereocenters. The average Bonchev–Trinajstić information content (AvgIpc) is 2.96. The van der Waals surface area contributed by atoms with E-state index in [9.17, 15) is 8.42 Å². The van der Waals surface area contributed by atoms with E-state index in [2.05, 4.69) is 4.98 Å². The number of methoxy groups -OCH3 is 1. The Labute approximate surface area is 140 Å². The zero-order valence-corrected chi connectivity index (χ0v) is 14.0. The molecule has 0 aliphatic rings. The summed E-state index contributed by atoms with van der Waals surface area (Å²) in [5.74, 6) is 1.84. The van der Waals surface area contributed by atoms with Gasteiger partial charge in [-0.05, 0) is 48.5 Å². The summed E-state index contributed by atoms with van der Waals surface area (Å²) in [5.41, 5.74) is 2.27. The normalized spacial score (nSPS) is 11.5. The fourth-order valence-electron chi connectivity index (χ4n) is 2.36. The first kappa shape index (κ1) is 16.2. The van der Waals surface area contributed by atoms with Crippen molar-refractivity contribution in [1.82, 2.24) is 4.98 Å². The summed E-state index contributed by atoms with van der Waals surface area (Å²) in [6.07, 6.45) is 0. The summed E-state index contributed by atoms with van der Waals surface area (Å²) in [5, 5.41) is 5.12. The third-order valence-corrected chi connectivity index (χ3v) is 4.47. The van der Waals surface area contributed by atoms with Gasteiger partial charge in [0.2, 0.25) is 10.0 Å². The van der Waals surface area contributed by atoms with Crippen molar-refractivity contribution in [3.05, 3.63) is 54.4 Å². The zero-order chi connectivity index (χ0) is 17.3. The molecule has 0 unspecified atom stereocenters. The van der Waals surface area contributed by atoms with Crippen LogP contribution in [0.3, 0.4) is 0 Å². The van der Waals surface area contributed by atoms with Gasteiger partial charge in [-0.2, -0.15) is 0 Å². The van der Waals surface area contributed by atoms with Gasteiger partial charge in [-0.15, -0.1) is 0 Å². The number of aryl methyl sites for hydroxylation is 1. The Kier molecular flexibility index (Phi) is 4.13. The van der Waals surface area contributed by atoms with Crippen LogP contribution in [0.1, 0.15) is 5.89 Å². The van der Waals surface area contributed by atoms with Gasteiger partial charge in [0.05, 0.1) is 12.0 Å². The number of nitrogens with zero attached hydrogens (tertiary/aromatic N) is 1. The second-order valence-electron chi connectivity index (χ2n) is 5.21. The van der Waals surface area contributed by atoms with Gasteiger partial charge >= 0.3 is 0 Å². The van der Waals surface area contributed by atoms with E-state index in [0.717, 1.165) is 11.3 Å². The Morgan fingerprint density at radius 3 is 2.12 bits per heavy atom.